The van der Waals surface area contributed by atoms with E-state index in [9.17, 15) is 19.5 Å². The SMILES string of the molecule is COC(=O)[C@H](Cc1ccc(C(=O)OC(C)(C)C)cc1)NC(=O)[C@@H](O)c1ccccc1. The van der Waals surface area contributed by atoms with E-state index < -0.39 is 35.6 Å². The Balaban J connectivity index is 2.08. The molecule has 0 aliphatic heterocycles. The van der Waals surface area contributed by atoms with Crippen LogP contribution in [0.2, 0.25) is 0 Å². The first-order chi connectivity index (χ1) is 14.1. The number of esters is 2. The maximum absolute atomic E-state index is 12.4. The first-order valence-electron chi connectivity index (χ1n) is 9.54. The lowest BCUT2D eigenvalue weighted by atomic mass is 10.0. The van der Waals surface area contributed by atoms with Gasteiger partial charge in [-0.25, -0.2) is 9.59 Å². The molecule has 30 heavy (non-hydrogen) atoms. The van der Waals surface area contributed by atoms with Gasteiger partial charge in [-0.05, 0) is 44.0 Å². The van der Waals surface area contributed by atoms with Gasteiger partial charge in [0.25, 0.3) is 5.91 Å². The number of methoxy groups -OCH3 is 1. The summed E-state index contributed by atoms with van der Waals surface area (Å²) in [5.74, 6) is -1.79. The summed E-state index contributed by atoms with van der Waals surface area (Å²) in [7, 11) is 1.22. The molecule has 160 valence electrons. The fourth-order valence-electron chi connectivity index (χ4n) is 2.72. The van der Waals surface area contributed by atoms with Crippen molar-refractivity contribution in [3.8, 4) is 0 Å². The summed E-state index contributed by atoms with van der Waals surface area (Å²) in [6, 6.07) is 14.0. The standard InChI is InChI=1S/C23H27NO6/c1-23(2,3)30-21(27)17-12-10-15(11-13-17)14-18(22(28)29-4)24-20(26)19(25)16-8-6-5-7-9-16/h5-13,18-19,25H,14H2,1-4H3,(H,24,26)/t18-,19-/m0/s1. The molecule has 0 saturated carbocycles. The molecule has 0 aliphatic rings. The number of carbonyl (C=O) groups is 3. The minimum atomic E-state index is -1.41. The van der Waals surface area contributed by atoms with Gasteiger partial charge in [-0.15, -0.1) is 0 Å². The van der Waals surface area contributed by atoms with Crippen LogP contribution < -0.4 is 5.32 Å². The maximum atomic E-state index is 12.4. The van der Waals surface area contributed by atoms with Gasteiger partial charge in [-0.1, -0.05) is 42.5 Å². The van der Waals surface area contributed by atoms with Crippen LogP contribution in [0.3, 0.4) is 0 Å². The molecule has 0 heterocycles. The predicted molar refractivity (Wildman–Crippen MR) is 111 cm³/mol. The zero-order valence-electron chi connectivity index (χ0n) is 17.5. The average Bonchev–Trinajstić information content (AvgIpc) is 2.71. The van der Waals surface area contributed by atoms with E-state index in [0.29, 0.717) is 16.7 Å². The molecule has 0 fully saturated rings. The van der Waals surface area contributed by atoms with Crippen LogP contribution in [0.15, 0.2) is 54.6 Å². The molecular formula is C23H27NO6. The fraction of sp³-hybridized carbons (Fsp3) is 0.348. The van der Waals surface area contributed by atoms with Crippen molar-refractivity contribution < 1.29 is 29.0 Å². The molecule has 0 radical (unpaired) electrons. The van der Waals surface area contributed by atoms with Crippen LogP contribution >= 0.6 is 0 Å². The molecule has 2 aromatic rings. The molecule has 0 bridgehead atoms. The Kier molecular flexibility index (Phi) is 7.72. The van der Waals surface area contributed by atoms with Gasteiger partial charge in [0.15, 0.2) is 6.10 Å². The highest BCUT2D eigenvalue weighted by molar-refractivity contribution is 5.90. The van der Waals surface area contributed by atoms with E-state index in [-0.39, 0.29) is 6.42 Å². The van der Waals surface area contributed by atoms with Gasteiger partial charge >= 0.3 is 11.9 Å². The second-order valence-electron chi connectivity index (χ2n) is 7.80. The highest BCUT2D eigenvalue weighted by Gasteiger charge is 2.26. The number of aliphatic hydroxyl groups is 1. The largest absolute Gasteiger partial charge is 0.467 e. The number of benzene rings is 2. The van der Waals surface area contributed by atoms with Crippen molar-refractivity contribution in [3.63, 3.8) is 0 Å². The van der Waals surface area contributed by atoms with Gasteiger partial charge in [0.05, 0.1) is 12.7 Å². The number of ether oxygens (including phenoxy) is 2. The van der Waals surface area contributed by atoms with Crippen LogP contribution in [0, 0.1) is 0 Å². The molecule has 0 unspecified atom stereocenters. The average molecular weight is 413 g/mol. The molecule has 0 saturated heterocycles. The Hall–Kier alpha value is -3.19. The van der Waals surface area contributed by atoms with E-state index in [2.05, 4.69) is 5.32 Å². The molecule has 2 atom stereocenters. The second-order valence-corrected chi connectivity index (χ2v) is 7.80. The monoisotopic (exact) mass is 413 g/mol. The van der Waals surface area contributed by atoms with E-state index in [1.807, 2.05) is 0 Å². The molecule has 0 aliphatic carbocycles. The summed E-state index contributed by atoms with van der Waals surface area (Å²) in [6.45, 7) is 5.35. The van der Waals surface area contributed by atoms with Crippen molar-refractivity contribution >= 4 is 17.8 Å². The topological polar surface area (TPSA) is 102 Å². The minimum absolute atomic E-state index is 0.133. The summed E-state index contributed by atoms with van der Waals surface area (Å²) in [5.41, 5.74) is 0.898. The van der Waals surface area contributed by atoms with Gasteiger partial charge in [-0.3, -0.25) is 4.79 Å². The fourth-order valence-corrected chi connectivity index (χ4v) is 2.72. The number of aliphatic hydroxyl groups excluding tert-OH is 1. The Labute approximate surface area is 176 Å². The molecule has 7 nitrogen and oxygen atoms in total. The van der Waals surface area contributed by atoms with Crippen molar-refractivity contribution in [3.05, 3.63) is 71.3 Å². The molecule has 2 aromatic carbocycles. The van der Waals surface area contributed by atoms with Crippen LogP contribution in [0.25, 0.3) is 0 Å². The number of hydrogen-bond acceptors (Lipinski definition) is 6. The summed E-state index contributed by atoms with van der Waals surface area (Å²) in [6.07, 6.45) is -1.28. The minimum Gasteiger partial charge on any atom is -0.467 e. The van der Waals surface area contributed by atoms with E-state index in [1.54, 1.807) is 75.4 Å². The molecule has 2 rings (SSSR count). The lowest BCUT2D eigenvalue weighted by molar-refractivity contribution is -0.146. The van der Waals surface area contributed by atoms with Gasteiger partial charge in [-0.2, -0.15) is 0 Å². The normalized spacial score (nSPS) is 13.1. The first kappa shape index (κ1) is 23.1. The number of amides is 1. The summed E-state index contributed by atoms with van der Waals surface area (Å²) in [5, 5.41) is 12.8. The molecule has 7 heteroatoms. The highest BCUT2D eigenvalue weighted by Crippen LogP contribution is 2.15. The second kappa shape index (κ2) is 10.0. The van der Waals surface area contributed by atoms with Crippen LogP contribution in [-0.4, -0.2) is 41.7 Å². The molecule has 0 spiro atoms. The molecule has 2 N–H and O–H groups in total. The van der Waals surface area contributed by atoms with Gasteiger partial charge in [0.1, 0.15) is 11.6 Å². The van der Waals surface area contributed by atoms with Crippen molar-refractivity contribution in [1.29, 1.82) is 0 Å². The van der Waals surface area contributed by atoms with E-state index in [1.165, 1.54) is 7.11 Å². The number of carbonyl (C=O) groups excluding carboxylic acids is 3. The summed E-state index contributed by atoms with van der Waals surface area (Å²) < 4.78 is 10.1. The van der Waals surface area contributed by atoms with E-state index in [4.69, 9.17) is 9.47 Å². The quantitative estimate of drug-likeness (QED) is 0.677. The smallest absolute Gasteiger partial charge is 0.338 e. The van der Waals surface area contributed by atoms with E-state index in [0.717, 1.165) is 0 Å². The zero-order chi connectivity index (χ0) is 22.3. The third-order valence-electron chi connectivity index (χ3n) is 4.19. The lowest BCUT2D eigenvalue weighted by Crippen LogP contribution is -2.45. The third kappa shape index (κ3) is 6.70. The number of hydrogen-bond donors (Lipinski definition) is 2. The van der Waals surface area contributed by atoms with Crippen molar-refractivity contribution in [1.82, 2.24) is 5.32 Å². The van der Waals surface area contributed by atoms with Crippen LogP contribution in [0.5, 0.6) is 0 Å². The van der Waals surface area contributed by atoms with Crippen LogP contribution in [-0.2, 0) is 25.5 Å². The van der Waals surface area contributed by atoms with Gasteiger partial charge < -0.3 is 19.9 Å². The van der Waals surface area contributed by atoms with Crippen molar-refractivity contribution in [2.75, 3.05) is 7.11 Å². The molecule has 0 aromatic heterocycles. The molecular weight excluding hydrogens is 386 g/mol. The Morgan fingerprint density at radius 2 is 1.60 bits per heavy atom. The number of nitrogens with one attached hydrogen (secondary N) is 1. The summed E-state index contributed by atoms with van der Waals surface area (Å²) >= 11 is 0. The zero-order valence-corrected chi connectivity index (χ0v) is 17.5. The predicted octanol–water partition coefficient (Wildman–Crippen LogP) is 2.58. The van der Waals surface area contributed by atoms with Crippen LogP contribution in [0.1, 0.15) is 48.4 Å². The summed E-state index contributed by atoms with van der Waals surface area (Å²) in [4.78, 5) is 36.7. The van der Waals surface area contributed by atoms with Gasteiger partial charge in [0, 0.05) is 6.42 Å². The molecule has 1 amide bonds. The van der Waals surface area contributed by atoms with Crippen molar-refractivity contribution in [2.45, 2.75) is 44.9 Å². The Morgan fingerprint density at radius 1 is 1.00 bits per heavy atom. The third-order valence-corrected chi connectivity index (χ3v) is 4.19. The lowest BCUT2D eigenvalue weighted by Gasteiger charge is -2.20. The van der Waals surface area contributed by atoms with E-state index >= 15 is 0 Å². The Morgan fingerprint density at radius 3 is 2.13 bits per heavy atom. The highest BCUT2D eigenvalue weighted by atomic mass is 16.6. The first-order valence-corrected chi connectivity index (χ1v) is 9.54. The van der Waals surface area contributed by atoms with Crippen molar-refractivity contribution in [2.24, 2.45) is 0 Å². The maximum Gasteiger partial charge on any atom is 0.338 e. The van der Waals surface area contributed by atoms with Crippen LogP contribution in [0.4, 0.5) is 0 Å². The van der Waals surface area contributed by atoms with Gasteiger partial charge in [0.2, 0.25) is 0 Å². The Bertz CT molecular complexity index is 871. The number of rotatable bonds is 7.